The van der Waals surface area contributed by atoms with Gasteiger partial charge in [0.2, 0.25) is 0 Å². The van der Waals surface area contributed by atoms with Crippen LogP contribution in [0.3, 0.4) is 0 Å². The molecule has 26 heavy (non-hydrogen) atoms. The van der Waals surface area contributed by atoms with E-state index in [0.717, 1.165) is 12.8 Å². The minimum atomic E-state index is -0.958. The molecule has 4 atom stereocenters. The Labute approximate surface area is 154 Å². The van der Waals surface area contributed by atoms with E-state index in [4.69, 9.17) is 9.47 Å². The largest absolute Gasteiger partial charge is 0.481 e. The van der Waals surface area contributed by atoms with E-state index in [1.807, 2.05) is 0 Å². The first-order valence-corrected chi connectivity index (χ1v) is 9.20. The molecule has 1 fully saturated rings. The van der Waals surface area contributed by atoms with E-state index < -0.39 is 29.7 Å². The van der Waals surface area contributed by atoms with Crippen molar-refractivity contribution in [2.45, 2.75) is 59.7 Å². The number of ether oxygens (including phenoxy) is 2. The first-order chi connectivity index (χ1) is 12.2. The van der Waals surface area contributed by atoms with Crippen LogP contribution in [0.2, 0.25) is 0 Å². The van der Waals surface area contributed by atoms with E-state index in [1.54, 1.807) is 20.8 Å². The zero-order valence-electron chi connectivity index (χ0n) is 15.9. The molecule has 2 aliphatic rings. The molecule has 0 radical (unpaired) electrons. The van der Waals surface area contributed by atoms with Gasteiger partial charge in [0, 0.05) is 24.3 Å². The first kappa shape index (κ1) is 20.3. The van der Waals surface area contributed by atoms with Gasteiger partial charge in [-0.25, -0.2) is 4.79 Å². The molecular formula is C19H29NO6. The number of esters is 1. The number of rotatable bonds is 8. The third-order valence-electron chi connectivity index (χ3n) is 5.32. The maximum Gasteiger partial charge on any atom is 0.410 e. The van der Waals surface area contributed by atoms with Gasteiger partial charge in [0.1, 0.15) is 0 Å². The molecule has 0 aromatic rings. The van der Waals surface area contributed by atoms with Gasteiger partial charge in [-0.15, -0.1) is 0 Å². The number of nitrogens with one attached hydrogen (secondary N) is 1. The summed E-state index contributed by atoms with van der Waals surface area (Å²) in [6, 6.07) is 0. The molecule has 0 unspecified atom stereocenters. The fourth-order valence-electron chi connectivity index (χ4n) is 4.07. The van der Waals surface area contributed by atoms with Crippen molar-refractivity contribution < 1.29 is 29.0 Å². The van der Waals surface area contributed by atoms with Gasteiger partial charge in [-0.1, -0.05) is 32.4 Å². The normalized spacial score (nSPS) is 27.8. The fraction of sp³-hybridized carbons (Fsp3) is 0.737. The molecule has 7 nitrogen and oxygen atoms in total. The molecule has 0 aromatic carbocycles. The summed E-state index contributed by atoms with van der Waals surface area (Å²) in [4.78, 5) is 34.9. The van der Waals surface area contributed by atoms with Crippen LogP contribution in [0.25, 0.3) is 0 Å². The molecule has 0 saturated heterocycles. The molecular weight excluding hydrogens is 338 g/mol. The zero-order valence-corrected chi connectivity index (χ0v) is 15.9. The SMILES string of the molecule is CCC(=O)O[C@H](OC(=O)NC[C@@]1(CC(=O)O)C[C@H]2CC(C)=C[C@@H]21)C(C)C. The number of alkyl carbamates (subject to hydrolysis) is 1. The lowest BCUT2D eigenvalue weighted by molar-refractivity contribution is -0.174. The molecule has 1 saturated carbocycles. The molecule has 7 heteroatoms. The molecule has 146 valence electrons. The molecule has 0 aromatic heterocycles. The fourth-order valence-corrected chi connectivity index (χ4v) is 4.07. The second kappa shape index (κ2) is 8.10. The Morgan fingerprint density at radius 1 is 1.35 bits per heavy atom. The van der Waals surface area contributed by atoms with Crippen molar-refractivity contribution >= 4 is 18.0 Å². The lowest BCUT2D eigenvalue weighted by Crippen LogP contribution is -2.53. The van der Waals surface area contributed by atoms with Crippen molar-refractivity contribution in [3.05, 3.63) is 11.6 Å². The zero-order chi connectivity index (χ0) is 19.5. The van der Waals surface area contributed by atoms with Crippen molar-refractivity contribution in [3.8, 4) is 0 Å². The van der Waals surface area contributed by atoms with Crippen LogP contribution in [0.15, 0.2) is 11.6 Å². The van der Waals surface area contributed by atoms with Gasteiger partial charge in [-0.2, -0.15) is 0 Å². The molecule has 0 bridgehead atoms. The van der Waals surface area contributed by atoms with Gasteiger partial charge >= 0.3 is 18.0 Å². The van der Waals surface area contributed by atoms with Crippen molar-refractivity contribution in [1.82, 2.24) is 5.32 Å². The van der Waals surface area contributed by atoms with Crippen LogP contribution < -0.4 is 5.32 Å². The highest BCUT2D eigenvalue weighted by atomic mass is 16.7. The Hall–Kier alpha value is -2.05. The molecule has 0 spiro atoms. The quantitative estimate of drug-likeness (QED) is 0.388. The maximum absolute atomic E-state index is 12.2. The highest BCUT2D eigenvalue weighted by molar-refractivity contribution is 5.71. The summed E-state index contributed by atoms with van der Waals surface area (Å²) < 4.78 is 10.4. The van der Waals surface area contributed by atoms with Crippen LogP contribution in [0.1, 0.15) is 53.4 Å². The Balaban J connectivity index is 1.95. The average Bonchev–Trinajstić information content (AvgIpc) is 2.86. The predicted octanol–water partition coefficient (Wildman–Crippen LogP) is 3.10. The Bertz CT molecular complexity index is 599. The third kappa shape index (κ3) is 4.56. The number of hydrogen-bond acceptors (Lipinski definition) is 5. The van der Waals surface area contributed by atoms with Crippen LogP contribution in [0.5, 0.6) is 0 Å². The number of fused-ring (bicyclic) bond motifs is 1. The molecule has 0 heterocycles. The predicted molar refractivity (Wildman–Crippen MR) is 94.1 cm³/mol. The van der Waals surface area contributed by atoms with Crippen LogP contribution in [-0.2, 0) is 19.1 Å². The summed E-state index contributed by atoms with van der Waals surface area (Å²) in [5.41, 5.74) is 0.807. The molecule has 2 N–H and O–H groups in total. The van der Waals surface area contributed by atoms with Gasteiger partial charge in [0.15, 0.2) is 0 Å². The Morgan fingerprint density at radius 3 is 2.58 bits per heavy atom. The molecule has 2 rings (SSSR count). The van der Waals surface area contributed by atoms with Gasteiger partial charge in [0.25, 0.3) is 6.29 Å². The number of hydrogen-bond donors (Lipinski definition) is 2. The monoisotopic (exact) mass is 367 g/mol. The summed E-state index contributed by atoms with van der Waals surface area (Å²) in [5.74, 6) is -0.836. The van der Waals surface area contributed by atoms with E-state index in [0.29, 0.717) is 5.92 Å². The topological polar surface area (TPSA) is 102 Å². The number of allylic oxidation sites excluding steroid dienone is 2. The minimum Gasteiger partial charge on any atom is -0.481 e. The van der Waals surface area contributed by atoms with Gasteiger partial charge in [-0.3, -0.25) is 9.59 Å². The summed E-state index contributed by atoms with van der Waals surface area (Å²) in [5, 5.41) is 12.0. The van der Waals surface area contributed by atoms with E-state index in [-0.39, 0.29) is 31.2 Å². The summed E-state index contributed by atoms with van der Waals surface area (Å²) in [6.45, 7) is 7.53. The lowest BCUT2D eigenvalue weighted by Gasteiger charge is -2.51. The number of carbonyl (C=O) groups is 3. The summed E-state index contributed by atoms with van der Waals surface area (Å²) in [7, 11) is 0. The third-order valence-corrected chi connectivity index (χ3v) is 5.32. The van der Waals surface area contributed by atoms with Crippen LogP contribution in [0.4, 0.5) is 4.79 Å². The second-order valence-electron chi connectivity index (χ2n) is 7.85. The number of aliphatic carboxylic acids is 1. The summed E-state index contributed by atoms with van der Waals surface area (Å²) >= 11 is 0. The van der Waals surface area contributed by atoms with Crippen LogP contribution >= 0.6 is 0 Å². The molecule has 1 amide bonds. The lowest BCUT2D eigenvalue weighted by atomic mass is 9.53. The van der Waals surface area contributed by atoms with Crippen LogP contribution in [-0.4, -0.2) is 36.0 Å². The van der Waals surface area contributed by atoms with Crippen molar-refractivity contribution in [3.63, 3.8) is 0 Å². The summed E-state index contributed by atoms with van der Waals surface area (Å²) in [6.07, 6.45) is 2.47. The van der Waals surface area contributed by atoms with E-state index in [1.165, 1.54) is 5.57 Å². The Kier molecular flexibility index (Phi) is 6.31. The van der Waals surface area contributed by atoms with Crippen molar-refractivity contribution in [2.75, 3.05) is 6.54 Å². The van der Waals surface area contributed by atoms with Crippen LogP contribution in [0, 0.1) is 23.2 Å². The van der Waals surface area contributed by atoms with Crippen molar-refractivity contribution in [1.29, 1.82) is 0 Å². The Morgan fingerprint density at radius 2 is 2.04 bits per heavy atom. The maximum atomic E-state index is 12.2. The minimum absolute atomic E-state index is 0.0106. The first-order valence-electron chi connectivity index (χ1n) is 9.20. The van der Waals surface area contributed by atoms with Crippen molar-refractivity contribution in [2.24, 2.45) is 23.2 Å². The number of carboxylic acids is 1. The number of carboxylic acid groups (broad SMARTS) is 1. The van der Waals surface area contributed by atoms with Gasteiger partial charge < -0.3 is 19.9 Å². The van der Waals surface area contributed by atoms with E-state index in [9.17, 15) is 19.5 Å². The average molecular weight is 367 g/mol. The number of amides is 1. The number of carbonyl (C=O) groups excluding carboxylic acids is 2. The van der Waals surface area contributed by atoms with E-state index in [2.05, 4.69) is 18.3 Å². The van der Waals surface area contributed by atoms with E-state index >= 15 is 0 Å². The molecule has 2 aliphatic carbocycles. The second-order valence-corrected chi connectivity index (χ2v) is 7.85. The highest BCUT2D eigenvalue weighted by Crippen LogP contribution is 2.59. The standard InChI is InChI=1S/C19H29NO6/c1-5-16(23)25-17(11(2)3)26-18(24)20-10-19(9-15(21)22)8-13-6-12(4)7-14(13)19/h7,11,13-14,17H,5-6,8-10H2,1-4H3,(H,20,24)(H,21,22)/t13-,14+,17-,19+/m1/s1. The molecule has 0 aliphatic heterocycles. The van der Waals surface area contributed by atoms with Gasteiger partial charge in [0.05, 0.1) is 6.42 Å². The highest BCUT2D eigenvalue weighted by Gasteiger charge is 2.55. The smallest absolute Gasteiger partial charge is 0.410 e. The van der Waals surface area contributed by atoms with Gasteiger partial charge in [-0.05, 0) is 31.6 Å².